The van der Waals surface area contributed by atoms with Crippen LogP contribution in [0.25, 0.3) is 0 Å². The van der Waals surface area contributed by atoms with Gasteiger partial charge in [0.1, 0.15) is 5.82 Å². The molecule has 6 heteroatoms. The van der Waals surface area contributed by atoms with Gasteiger partial charge in [0.25, 0.3) is 5.91 Å². The van der Waals surface area contributed by atoms with E-state index in [0.717, 1.165) is 12.5 Å². The molecule has 2 amide bonds. The highest BCUT2D eigenvalue weighted by atomic mass is 19.1. The Labute approximate surface area is 117 Å². The van der Waals surface area contributed by atoms with Crippen LogP contribution >= 0.6 is 0 Å². The number of anilines is 1. The van der Waals surface area contributed by atoms with Crippen LogP contribution < -0.4 is 10.6 Å². The van der Waals surface area contributed by atoms with Gasteiger partial charge in [-0.15, -0.1) is 0 Å². The smallest absolute Gasteiger partial charge is 0.251 e. The number of halogens is 1. The van der Waals surface area contributed by atoms with Crippen molar-refractivity contribution >= 4 is 17.5 Å². The molecule has 0 heterocycles. The van der Waals surface area contributed by atoms with Crippen LogP contribution in [0.3, 0.4) is 0 Å². The van der Waals surface area contributed by atoms with Crippen LogP contribution in [0.2, 0.25) is 0 Å². The summed E-state index contributed by atoms with van der Waals surface area (Å²) in [5.41, 5.74) is 0.179. The lowest BCUT2D eigenvalue weighted by Crippen LogP contribution is -2.32. The van der Waals surface area contributed by atoms with Gasteiger partial charge in [-0.25, -0.2) is 4.39 Å². The second kappa shape index (κ2) is 7.59. The van der Waals surface area contributed by atoms with Gasteiger partial charge in [-0.2, -0.15) is 0 Å². The minimum Gasteiger partial charge on any atom is -0.391 e. The molecule has 0 fully saturated rings. The Kier molecular flexibility index (Phi) is 6.11. The lowest BCUT2D eigenvalue weighted by molar-refractivity contribution is -0.114. The van der Waals surface area contributed by atoms with Crippen LogP contribution in [0.4, 0.5) is 10.1 Å². The van der Waals surface area contributed by atoms with Gasteiger partial charge in [-0.05, 0) is 24.6 Å². The Morgan fingerprint density at radius 3 is 2.70 bits per heavy atom. The molecule has 1 aromatic rings. The van der Waals surface area contributed by atoms with E-state index >= 15 is 0 Å². The molecule has 0 saturated carbocycles. The summed E-state index contributed by atoms with van der Waals surface area (Å²) in [5.74, 6) is -1.45. The van der Waals surface area contributed by atoms with Crippen LogP contribution in [0.15, 0.2) is 18.2 Å². The fraction of sp³-hybridized carbons (Fsp3) is 0.429. The van der Waals surface area contributed by atoms with Gasteiger partial charge in [-0.1, -0.05) is 13.3 Å². The number of aliphatic hydroxyl groups is 1. The molecule has 5 nitrogen and oxygen atoms in total. The Hall–Kier alpha value is -1.95. The number of nitrogens with one attached hydrogen (secondary N) is 2. The van der Waals surface area contributed by atoms with E-state index in [-0.39, 0.29) is 17.8 Å². The van der Waals surface area contributed by atoms with Crippen LogP contribution in [-0.4, -0.2) is 29.6 Å². The van der Waals surface area contributed by atoms with Gasteiger partial charge >= 0.3 is 0 Å². The van der Waals surface area contributed by atoms with Crippen LogP contribution in [-0.2, 0) is 4.79 Å². The monoisotopic (exact) mass is 282 g/mol. The third-order valence-corrected chi connectivity index (χ3v) is 2.66. The first-order valence-electron chi connectivity index (χ1n) is 6.47. The lowest BCUT2D eigenvalue weighted by atomic mass is 10.1. The molecule has 0 aliphatic carbocycles. The molecule has 20 heavy (non-hydrogen) atoms. The predicted octanol–water partition coefficient (Wildman–Crippen LogP) is 1.67. The molecule has 1 unspecified atom stereocenters. The van der Waals surface area contributed by atoms with Crippen LogP contribution in [0, 0.1) is 5.82 Å². The maximum Gasteiger partial charge on any atom is 0.251 e. The van der Waals surface area contributed by atoms with Crippen molar-refractivity contribution in [1.82, 2.24) is 5.32 Å². The number of hydrogen-bond acceptors (Lipinski definition) is 3. The maximum atomic E-state index is 13.4. The molecule has 110 valence electrons. The summed E-state index contributed by atoms with van der Waals surface area (Å²) in [6, 6.07) is 3.70. The number of carbonyl (C=O) groups excluding carboxylic acids is 2. The Morgan fingerprint density at radius 2 is 2.10 bits per heavy atom. The van der Waals surface area contributed by atoms with Gasteiger partial charge in [0.05, 0.1) is 11.8 Å². The third-order valence-electron chi connectivity index (χ3n) is 2.66. The van der Waals surface area contributed by atoms with Crippen molar-refractivity contribution in [1.29, 1.82) is 0 Å². The molecule has 0 saturated heterocycles. The normalized spacial score (nSPS) is 11.8. The second-order valence-electron chi connectivity index (χ2n) is 4.53. The summed E-state index contributed by atoms with van der Waals surface area (Å²) in [7, 11) is 0. The van der Waals surface area contributed by atoms with E-state index in [2.05, 4.69) is 10.6 Å². The third kappa shape index (κ3) is 4.97. The fourth-order valence-electron chi connectivity index (χ4n) is 1.70. The quantitative estimate of drug-likeness (QED) is 0.742. The minimum atomic E-state index is -0.609. The number of rotatable bonds is 6. The topological polar surface area (TPSA) is 78.4 Å². The maximum absolute atomic E-state index is 13.4. The minimum absolute atomic E-state index is 0.0424. The van der Waals surface area contributed by atoms with Crippen LogP contribution in [0.1, 0.15) is 37.0 Å². The van der Waals surface area contributed by atoms with E-state index in [1.807, 2.05) is 6.92 Å². The van der Waals surface area contributed by atoms with Crippen molar-refractivity contribution in [3.8, 4) is 0 Å². The predicted molar refractivity (Wildman–Crippen MR) is 74.0 cm³/mol. The highest BCUT2D eigenvalue weighted by Crippen LogP contribution is 2.16. The molecule has 0 aliphatic rings. The van der Waals surface area contributed by atoms with E-state index in [4.69, 9.17) is 0 Å². The molecule has 0 aliphatic heterocycles. The zero-order valence-corrected chi connectivity index (χ0v) is 11.6. The average Bonchev–Trinajstić information content (AvgIpc) is 2.38. The van der Waals surface area contributed by atoms with Crippen molar-refractivity contribution in [2.45, 2.75) is 32.8 Å². The number of carbonyl (C=O) groups is 2. The van der Waals surface area contributed by atoms with Crippen molar-refractivity contribution < 1.29 is 19.1 Å². The van der Waals surface area contributed by atoms with E-state index in [0.29, 0.717) is 6.42 Å². The summed E-state index contributed by atoms with van der Waals surface area (Å²) in [4.78, 5) is 22.8. The van der Waals surface area contributed by atoms with E-state index in [1.54, 1.807) is 0 Å². The van der Waals surface area contributed by atoms with E-state index < -0.39 is 23.7 Å². The number of hydrogen-bond donors (Lipinski definition) is 3. The molecule has 0 radical (unpaired) electrons. The Bertz CT molecular complexity index is 491. The summed E-state index contributed by atoms with van der Waals surface area (Å²) in [6.07, 6.45) is 0.820. The Morgan fingerprint density at radius 1 is 1.40 bits per heavy atom. The standard InChI is InChI=1S/C14H19FN2O3/c1-3-4-11(19)8-16-14(20)10-5-6-12(15)13(7-10)17-9(2)18/h5-7,11,19H,3-4,8H2,1-2H3,(H,16,20)(H,17,18). The second-order valence-corrected chi connectivity index (χ2v) is 4.53. The van der Waals surface area contributed by atoms with Crippen molar-refractivity contribution in [3.05, 3.63) is 29.6 Å². The zero-order valence-electron chi connectivity index (χ0n) is 11.6. The first-order chi connectivity index (χ1) is 9.43. The number of aliphatic hydroxyl groups excluding tert-OH is 1. The molecule has 3 N–H and O–H groups in total. The van der Waals surface area contributed by atoms with Gasteiger partial charge in [0.15, 0.2) is 0 Å². The Balaban J connectivity index is 2.71. The van der Waals surface area contributed by atoms with Gasteiger partial charge in [0.2, 0.25) is 5.91 Å². The average molecular weight is 282 g/mol. The van der Waals surface area contributed by atoms with Crippen molar-refractivity contribution in [2.24, 2.45) is 0 Å². The highest BCUT2D eigenvalue weighted by Gasteiger charge is 2.12. The number of amides is 2. The SMILES string of the molecule is CCCC(O)CNC(=O)c1ccc(F)c(NC(C)=O)c1. The summed E-state index contributed by atoms with van der Waals surface area (Å²) < 4.78 is 13.4. The largest absolute Gasteiger partial charge is 0.391 e. The molecule has 1 rings (SSSR count). The molecule has 0 aromatic heterocycles. The van der Waals surface area contributed by atoms with Crippen molar-refractivity contribution in [3.63, 3.8) is 0 Å². The molecular weight excluding hydrogens is 263 g/mol. The molecule has 0 bridgehead atoms. The first kappa shape index (κ1) is 16.1. The summed E-state index contributed by atoms with van der Waals surface area (Å²) >= 11 is 0. The van der Waals surface area contributed by atoms with Crippen LogP contribution in [0.5, 0.6) is 0 Å². The van der Waals surface area contributed by atoms with Crippen molar-refractivity contribution in [2.75, 3.05) is 11.9 Å². The molecule has 0 spiro atoms. The molecule has 1 atom stereocenters. The molecular formula is C14H19FN2O3. The highest BCUT2D eigenvalue weighted by molar-refractivity contribution is 5.96. The van der Waals surface area contributed by atoms with Gasteiger partial charge in [-0.3, -0.25) is 9.59 Å². The van der Waals surface area contributed by atoms with Gasteiger partial charge in [0, 0.05) is 19.0 Å². The molecule has 1 aromatic carbocycles. The zero-order chi connectivity index (χ0) is 15.1. The number of benzene rings is 1. The first-order valence-corrected chi connectivity index (χ1v) is 6.47. The fourth-order valence-corrected chi connectivity index (χ4v) is 1.70. The lowest BCUT2D eigenvalue weighted by Gasteiger charge is -2.11. The summed E-state index contributed by atoms with van der Waals surface area (Å²) in [5, 5.41) is 14.4. The summed E-state index contributed by atoms with van der Waals surface area (Å²) in [6.45, 7) is 3.33. The van der Waals surface area contributed by atoms with E-state index in [1.165, 1.54) is 19.1 Å². The van der Waals surface area contributed by atoms with Gasteiger partial charge < -0.3 is 15.7 Å². The van der Waals surface area contributed by atoms with E-state index in [9.17, 15) is 19.1 Å².